The monoisotopic (exact) mass is 196 g/mol. The van der Waals surface area contributed by atoms with Gasteiger partial charge in [-0.1, -0.05) is 6.08 Å². The number of nitrogens with zero attached hydrogens (tertiary/aromatic N) is 2. The predicted octanol–water partition coefficient (Wildman–Crippen LogP) is 2.82. The van der Waals surface area contributed by atoms with Gasteiger partial charge in [0, 0.05) is 12.6 Å². The van der Waals surface area contributed by atoms with Crippen LogP contribution < -0.4 is 0 Å². The van der Waals surface area contributed by atoms with Gasteiger partial charge >= 0.3 is 0 Å². The van der Waals surface area contributed by atoms with Crippen LogP contribution >= 0.6 is 0 Å². The van der Waals surface area contributed by atoms with Gasteiger partial charge in [-0.2, -0.15) is 0 Å². The predicted molar refractivity (Wildman–Crippen MR) is 62.1 cm³/mol. The van der Waals surface area contributed by atoms with E-state index in [1.165, 1.54) is 0 Å². The zero-order valence-corrected chi connectivity index (χ0v) is 9.58. The van der Waals surface area contributed by atoms with Crippen LogP contribution in [0.5, 0.6) is 0 Å². The second kappa shape index (κ2) is 6.49. The summed E-state index contributed by atoms with van der Waals surface area (Å²) >= 11 is 0. The first-order chi connectivity index (χ1) is 6.49. The summed E-state index contributed by atoms with van der Waals surface area (Å²) in [6.45, 7) is 12.1. The van der Waals surface area contributed by atoms with E-state index in [-0.39, 0.29) is 5.60 Å². The first-order valence-corrected chi connectivity index (χ1v) is 4.78. The highest BCUT2D eigenvalue weighted by atomic mass is 16.5. The van der Waals surface area contributed by atoms with Crippen molar-refractivity contribution in [3.8, 4) is 0 Å². The average molecular weight is 196 g/mol. The minimum Gasteiger partial charge on any atom is -0.375 e. The Labute approximate surface area is 86.6 Å². The van der Waals surface area contributed by atoms with Crippen LogP contribution in [0, 0.1) is 0 Å². The van der Waals surface area contributed by atoms with E-state index in [0.29, 0.717) is 18.9 Å². The van der Waals surface area contributed by atoms with E-state index in [1.807, 2.05) is 33.8 Å². The number of aliphatic imine (C=N–C) groups is 2. The minimum absolute atomic E-state index is 0.104. The second-order valence-corrected chi connectivity index (χ2v) is 3.90. The van der Waals surface area contributed by atoms with Crippen LogP contribution in [0.1, 0.15) is 34.1 Å². The molecule has 0 radical (unpaired) electrons. The molecule has 0 aliphatic carbocycles. The second-order valence-electron chi connectivity index (χ2n) is 3.90. The lowest BCUT2D eigenvalue weighted by Gasteiger charge is -2.19. The highest BCUT2D eigenvalue weighted by Crippen LogP contribution is 2.07. The Bertz CT molecular complexity index is 224. The molecule has 80 valence electrons. The van der Waals surface area contributed by atoms with Gasteiger partial charge in [0.05, 0.1) is 12.2 Å². The van der Waals surface area contributed by atoms with Gasteiger partial charge in [0.2, 0.25) is 0 Å². The van der Waals surface area contributed by atoms with Crippen molar-refractivity contribution < 1.29 is 4.74 Å². The summed E-state index contributed by atoms with van der Waals surface area (Å²) in [7, 11) is 0. The highest BCUT2D eigenvalue weighted by Gasteiger charge is 2.09. The normalized spacial score (nSPS) is 13.6. The molecule has 0 spiro atoms. The lowest BCUT2D eigenvalue weighted by molar-refractivity contribution is 0.00128. The van der Waals surface area contributed by atoms with Gasteiger partial charge in [-0.15, -0.1) is 0 Å². The van der Waals surface area contributed by atoms with Crippen molar-refractivity contribution in [2.75, 3.05) is 6.61 Å². The molecular formula is C11H20N2O. The SMILES string of the molecule is C=N/C(CCOC(C)(C)C)=N\C=C/C. The standard InChI is InChI=1S/C11H20N2O/c1-6-8-13-10(12-5)7-9-14-11(2,3)4/h6,8H,5,7,9H2,1-4H3/b8-6-,13-10-. The van der Waals surface area contributed by atoms with Gasteiger partial charge < -0.3 is 4.74 Å². The fourth-order valence-electron chi connectivity index (χ4n) is 0.794. The van der Waals surface area contributed by atoms with Crippen LogP contribution in [0.3, 0.4) is 0 Å². The number of rotatable bonds is 4. The van der Waals surface area contributed by atoms with E-state index in [0.717, 1.165) is 0 Å². The molecule has 0 unspecified atom stereocenters. The topological polar surface area (TPSA) is 34.0 Å². The maximum absolute atomic E-state index is 5.55. The fourth-order valence-corrected chi connectivity index (χ4v) is 0.794. The summed E-state index contributed by atoms with van der Waals surface area (Å²) in [5.74, 6) is 0.715. The van der Waals surface area contributed by atoms with Crippen molar-refractivity contribution in [2.45, 2.75) is 39.7 Å². The molecule has 0 saturated heterocycles. The summed E-state index contributed by atoms with van der Waals surface area (Å²) in [5, 5.41) is 0. The third kappa shape index (κ3) is 7.68. The molecule has 0 aliphatic rings. The Morgan fingerprint density at radius 1 is 1.43 bits per heavy atom. The Hall–Kier alpha value is -0.960. The van der Waals surface area contributed by atoms with E-state index >= 15 is 0 Å². The molecule has 0 N–H and O–H groups in total. The van der Waals surface area contributed by atoms with Crippen LogP contribution in [0.4, 0.5) is 0 Å². The molecule has 3 heteroatoms. The maximum Gasteiger partial charge on any atom is 0.129 e. The molecular weight excluding hydrogens is 176 g/mol. The quantitative estimate of drug-likeness (QED) is 0.503. The van der Waals surface area contributed by atoms with Crippen molar-refractivity contribution in [2.24, 2.45) is 9.98 Å². The summed E-state index contributed by atoms with van der Waals surface area (Å²) in [5.41, 5.74) is -0.104. The van der Waals surface area contributed by atoms with E-state index < -0.39 is 0 Å². The first kappa shape index (κ1) is 13.0. The van der Waals surface area contributed by atoms with Crippen molar-refractivity contribution in [1.29, 1.82) is 0 Å². The number of hydrogen-bond acceptors (Lipinski definition) is 2. The van der Waals surface area contributed by atoms with Crippen molar-refractivity contribution in [3.63, 3.8) is 0 Å². The van der Waals surface area contributed by atoms with Gasteiger partial charge in [0.1, 0.15) is 5.84 Å². The van der Waals surface area contributed by atoms with Crippen LogP contribution in [0.2, 0.25) is 0 Å². The van der Waals surface area contributed by atoms with Gasteiger partial charge in [0.25, 0.3) is 0 Å². The van der Waals surface area contributed by atoms with Crippen molar-refractivity contribution >= 4 is 12.6 Å². The summed E-state index contributed by atoms with van der Waals surface area (Å²) < 4.78 is 5.55. The molecule has 0 fully saturated rings. The van der Waals surface area contributed by atoms with E-state index in [1.54, 1.807) is 6.20 Å². The molecule has 3 nitrogen and oxygen atoms in total. The fraction of sp³-hybridized carbons (Fsp3) is 0.636. The highest BCUT2D eigenvalue weighted by molar-refractivity contribution is 5.86. The average Bonchev–Trinajstić information content (AvgIpc) is 2.09. The molecule has 0 aliphatic heterocycles. The zero-order chi connectivity index (χ0) is 11.0. The molecule has 0 heterocycles. The third-order valence-corrected chi connectivity index (χ3v) is 1.42. The van der Waals surface area contributed by atoms with Crippen molar-refractivity contribution in [3.05, 3.63) is 12.3 Å². The molecule has 0 atom stereocenters. The molecule has 0 bridgehead atoms. The van der Waals surface area contributed by atoms with E-state index in [2.05, 4.69) is 16.7 Å². The zero-order valence-electron chi connectivity index (χ0n) is 9.58. The molecule has 0 amide bonds. The van der Waals surface area contributed by atoms with Crippen LogP contribution in [0.15, 0.2) is 22.3 Å². The maximum atomic E-state index is 5.55. The smallest absolute Gasteiger partial charge is 0.129 e. The van der Waals surface area contributed by atoms with E-state index in [4.69, 9.17) is 4.74 Å². The number of allylic oxidation sites excluding steroid dienone is 1. The molecule has 0 aromatic heterocycles. The molecule has 14 heavy (non-hydrogen) atoms. The van der Waals surface area contributed by atoms with Gasteiger partial charge in [0.15, 0.2) is 0 Å². The van der Waals surface area contributed by atoms with Gasteiger partial charge in [-0.05, 0) is 34.4 Å². The lowest BCUT2D eigenvalue weighted by atomic mass is 10.2. The van der Waals surface area contributed by atoms with Gasteiger partial charge in [-0.3, -0.25) is 0 Å². The summed E-state index contributed by atoms with van der Waals surface area (Å²) in [6, 6.07) is 0. The molecule has 0 aromatic carbocycles. The minimum atomic E-state index is -0.104. The Morgan fingerprint density at radius 2 is 2.07 bits per heavy atom. The number of amidine groups is 1. The number of ether oxygens (including phenoxy) is 1. The molecule has 0 aromatic rings. The van der Waals surface area contributed by atoms with Gasteiger partial charge in [-0.25, -0.2) is 9.98 Å². The Kier molecular flexibility index (Phi) is 6.04. The number of hydrogen-bond donors (Lipinski definition) is 0. The first-order valence-electron chi connectivity index (χ1n) is 4.78. The van der Waals surface area contributed by atoms with Crippen LogP contribution in [-0.2, 0) is 4.74 Å². The molecule has 0 rings (SSSR count). The third-order valence-electron chi connectivity index (χ3n) is 1.42. The van der Waals surface area contributed by atoms with Crippen LogP contribution in [-0.4, -0.2) is 24.8 Å². The largest absolute Gasteiger partial charge is 0.375 e. The van der Waals surface area contributed by atoms with Crippen LogP contribution in [0.25, 0.3) is 0 Å². The van der Waals surface area contributed by atoms with E-state index in [9.17, 15) is 0 Å². The summed E-state index contributed by atoms with van der Waals surface area (Å²) in [4.78, 5) is 7.92. The Morgan fingerprint density at radius 3 is 2.50 bits per heavy atom. The Balaban J connectivity index is 3.91. The van der Waals surface area contributed by atoms with Crippen molar-refractivity contribution in [1.82, 2.24) is 0 Å². The molecule has 0 saturated carbocycles. The summed E-state index contributed by atoms with van der Waals surface area (Å²) in [6.07, 6.45) is 4.27. The lowest BCUT2D eigenvalue weighted by Crippen LogP contribution is -2.20.